The summed E-state index contributed by atoms with van der Waals surface area (Å²) in [5.41, 5.74) is 0.0839. The van der Waals surface area contributed by atoms with Crippen LogP contribution in [-0.4, -0.2) is 22.8 Å². The molecule has 1 fully saturated rings. The number of amides is 2. The summed E-state index contributed by atoms with van der Waals surface area (Å²) < 4.78 is 0. The maximum Gasteiger partial charge on any atom is 0.339 e. The standard InChI is InChI=1S/C15H15NO4/c1-2-7-15(8-9-15)14(19)20-16-12(17)10-5-3-4-6-11(10)13(16)18/h3-6H,2,7-9H2,1H3. The minimum absolute atomic E-state index is 0.283. The Labute approximate surface area is 116 Å². The van der Waals surface area contributed by atoms with E-state index < -0.39 is 23.2 Å². The van der Waals surface area contributed by atoms with Crippen molar-refractivity contribution in [1.29, 1.82) is 0 Å². The van der Waals surface area contributed by atoms with E-state index in [2.05, 4.69) is 0 Å². The Hall–Kier alpha value is -2.17. The SMILES string of the molecule is CCCC1(C(=O)ON2C(=O)c3ccccc3C2=O)CC1. The summed E-state index contributed by atoms with van der Waals surface area (Å²) >= 11 is 0. The molecular weight excluding hydrogens is 258 g/mol. The molecule has 0 spiro atoms. The highest BCUT2D eigenvalue weighted by molar-refractivity contribution is 6.20. The lowest BCUT2D eigenvalue weighted by atomic mass is 10.0. The summed E-state index contributed by atoms with van der Waals surface area (Å²) in [6.45, 7) is 2.00. The number of rotatable bonds is 4. The van der Waals surface area contributed by atoms with Crippen molar-refractivity contribution in [3.8, 4) is 0 Å². The number of imide groups is 1. The molecule has 0 atom stereocenters. The lowest BCUT2D eigenvalue weighted by Gasteiger charge is -2.17. The predicted octanol–water partition coefficient (Wildman–Crippen LogP) is 2.32. The second-order valence-corrected chi connectivity index (χ2v) is 5.36. The van der Waals surface area contributed by atoms with Crippen molar-refractivity contribution in [2.24, 2.45) is 5.41 Å². The minimum atomic E-state index is -0.564. The van der Waals surface area contributed by atoms with Gasteiger partial charge in [-0.15, -0.1) is 0 Å². The molecule has 0 radical (unpaired) electrons. The molecule has 0 saturated heterocycles. The van der Waals surface area contributed by atoms with Crippen molar-refractivity contribution in [3.63, 3.8) is 0 Å². The van der Waals surface area contributed by atoms with Crippen LogP contribution in [0.5, 0.6) is 0 Å². The Balaban J connectivity index is 1.79. The topological polar surface area (TPSA) is 63.7 Å². The summed E-state index contributed by atoms with van der Waals surface area (Å²) in [6, 6.07) is 6.47. The third-order valence-corrected chi connectivity index (χ3v) is 3.95. The normalized spacial score (nSPS) is 18.9. The van der Waals surface area contributed by atoms with E-state index in [4.69, 9.17) is 4.84 Å². The van der Waals surface area contributed by atoms with Crippen LogP contribution in [0.2, 0.25) is 0 Å². The van der Waals surface area contributed by atoms with Crippen LogP contribution in [0.1, 0.15) is 53.3 Å². The van der Waals surface area contributed by atoms with Gasteiger partial charge < -0.3 is 4.84 Å². The number of hydrogen-bond acceptors (Lipinski definition) is 4. The van der Waals surface area contributed by atoms with Crippen LogP contribution in [0.3, 0.4) is 0 Å². The van der Waals surface area contributed by atoms with E-state index in [-0.39, 0.29) is 11.1 Å². The van der Waals surface area contributed by atoms with Crippen LogP contribution in [-0.2, 0) is 9.63 Å². The maximum atomic E-state index is 12.1. The number of hydroxylamine groups is 2. The van der Waals surface area contributed by atoms with Gasteiger partial charge in [0, 0.05) is 0 Å². The fourth-order valence-corrected chi connectivity index (χ4v) is 2.62. The molecular formula is C15H15NO4. The molecule has 2 aliphatic rings. The summed E-state index contributed by atoms with van der Waals surface area (Å²) in [4.78, 5) is 41.4. The van der Waals surface area contributed by atoms with Crippen LogP contribution in [0.15, 0.2) is 24.3 Å². The second kappa shape index (κ2) is 4.44. The molecule has 3 rings (SSSR count). The average Bonchev–Trinajstić information content (AvgIpc) is 3.20. The highest BCUT2D eigenvalue weighted by Crippen LogP contribution is 2.50. The Morgan fingerprint density at radius 2 is 1.75 bits per heavy atom. The van der Waals surface area contributed by atoms with Crippen LogP contribution in [0.25, 0.3) is 0 Å². The van der Waals surface area contributed by atoms with Gasteiger partial charge in [0.1, 0.15) is 0 Å². The molecule has 1 saturated carbocycles. The van der Waals surface area contributed by atoms with Gasteiger partial charge in [0.05, 0.1) is 16.5 Å². The molecule has 0 aromatic heterocycles. The van der Waals surface area contributed by atoms with E-state index in [9.17, 15) is 14.4 Å². The smallest absolute Gasteiger partial charge is 0.329 e. The highest BCUT2D eigenvalue weighted by atomic mass is 16.7. The molecule has 1 aromatic rings. The van der Waals surface area contributed by atoms with Gasteiger partial charge in [-0.05, 0) is 31.4 Å². The third kappa shape index (κ3) is 1.81. The van der Waals surface area contributed by atoms with Gasteiger partial charge in [-0.25, -0.2) is 4.79 Å². The monoisotopic (exact) mass is 273 g/mol. The molecule has 5 heteroatoms. The minimum Gasteiger partial charge on any atom is -0.329 e. The van der Waals surface area contributed by atoms with Gasteiger partial charge in [-0.1, -0.05) is 30.5 Å². The van der Waals surface area contributed by atoms with Crippen molar-refractivity contribution in [1.82, 2.24) is 5.06 Å². The average molecular weight is 273 g/mol. The Bertz CT molecular complexity index is 569. The first-order chi connectivity index (χ1) is 9.59. The van der Waals surface area contributed by atoms with E-state index in [0.29, 0.717) is 5.06 Å². The van der Waals surface area contributed by atoms with E-state index in [1.165, 1.54) is 0 Å². The molecule has 0 unspecified atom stereocenters. The molecule has 5 nitrogen and oxygen atoms in total. The quantitative estimate of drug-likeness (QED) is 0.790. The molecule has 0 bridgehead atoms. The van der Waals surface area contributed by atoms with Crippen LogP contribution in [0.4, 0.5) is 0 Å². The first kappa shape index (κ1) is 12.8. The summed E-state index contributed by atoms with van der Waals surface area (Å²) in [7, 11) is 0. The van der Waals surface area contributed by atoms with Gasteiger partial charge in [0.2, 0.25) is 0 Å². The second-order valence-electron chi connectivity index (χ2n) is 5.36. The zero-order chi connectivity index (χ0) is 14.3. The zero-order valence-electron chi connectivity index (χ0n) is 11.2. The zero-order valence-corrected chi connectivity index (χ0v) is 11.2. The molecule has 20 heavy (non-hydrogen) atoms. The number of fused-ring (bicyclic) bond motifs is 1. The molecule has 1 heterocycles. The van der Waals surface area contributed by atoms with Gasteiger partial charge >= 0.3 is 5.97 Å². The van der Waals surface area contributed by atoms with Crippen molar-refractivity contribution in [2.45, 2.75) is 32.6 Å². The summed E-state index contributed by atoms with van der Waals surface area (Å²) in [5, 5.41) is 0.600. The third-order valence-electron chi connectivity index (χ3n) is 3.95. The summed E-state index contributed by atoms with van der Waals surface area (Å²) in [5.74, 6) is -1.59. The Morgan fingerprint density at radius 3 is 2.20 bits per heavy atom. The maximum absolute atomic E-state index is 12.1. The molecule has 2 amide bonds. The number of carbonyl (C=O) groups is 3. The molecule has 1 aromatic carbocycles. The van der Waals surface area contributed by atoms with Gasteiger partial charge in [0.25, 0.3) is 11.8 Å². The predicted molar refractivity (Wildman–Crippen MR) is 69.6 cm³/mol. The van der Waals surface area contributed by atoms with Crippen molar-refractivity contribution >= 4 is 17.8 Å². The number of benzene rings is 1. The highest BCUT2D eigenvalue weighted by Gasteiger charge is 2.52. The first-order valence-electron chi connectivity index (χ1n) is 6.79. The fourth-order valence-electron chi connectivity index (χ4n) is 2.62. The Morgan fingerprint density at radius 1 is 1.20 bits per heavy atom. The van der Waals surface area contributed by atoms with Gasteiger partial charge in [-0.3, -0.25) is 9.59 Å². The van der Waals surface area contributed by atoms with E-state index in [1.807, 2.05) is 6.92 Å². The lowest BCUT2D eigenvalue weighted by molar-refractivity contribution is -0.175. The van der Waals surface area contributed by atoms with E-state index in [1.54, 1.807) is 24.3 Å². The number of nitrogens with zero attached hydrogens (tertiary/aromatic N) is 1. The molecule has 1 aliphatic heterocycles. The summed E-state index contributed by atoms with van der Waals surface area (Å²) in [6.07, 6.45) is 3.14. The largest absolute Gasteiger partial charge is 0.339 e. The van der Waals surface area contributed by atoms with E-state index in [0.717, 1.165) is 25.7 Å². The molecule has 104 valence electrons. The van der Waals surface area contributed by atoms with E-state index >= 15 is 0 Å². The molecule has 1 aliphatic carbocycles. The number of hydrogen-bond donors (Lipinski definition) is 0. The van der Waals surface area contributed by atoms with Crippen LogP contribution >= 0.6 is 0 Å². The van der Waals surface area contributed by atoms with Gasteiger partial charge in [0.15, 0.2) is 0 Å². The van der Waals surface area contributed by atoms with Crippen molar-refractivity contribution < 1.29 is 19.2 Å². The van der Waals surface area contributed by atoms with Crippen molar-refractivity contribution in [3.05, 3.63) is 35.4 Å². The number of carbonyl (C=O) groups excluding carboxylic acids is 3. The van der Waals surface area contributed by atoms with Crippen LogP contribution in [0, 0.1) is 5.41 Å². The molecule has 0 N–H and O–H groups in total. The Kier molecular flexibility index (Phi) is 2.85. The lowest BCUT2D eigenvalue weighted by Crippen LogP contribution is -2.35. The van der Waals surface area contributed by atoms with Crippen LogP contribution < -0.4 is 0 Å². The fraction of sp³-hybridized carbons (Fsp3) is 0.400. The first-order valence-corrected chi connectivity index (χ1v) is 6.79. The van der Waals surface area contributed by atoms with Crippen molar-refractivity contribution in [2.75, 3.05) is 0 Å². The van der Waals surface area contributed by atoms with Gasteiger partial charge in [-0.2, -0.15) is 0 Å².